The third-order valence-corrected chi connectivity index (χ3v) is 6.39. The van der Waals surface area contributed by atoms with Crippen LogP contribution in [0.4, 0.5) is 0 Å². The van der Waals surface area contributed by atoms with Crippen LogP contribution in [0.2, 0.25) is 15.1 Å². The molecule has 0 aliphatic rings. The summed E-state index contributed by atoms with van der Waals surface area (Å²) in [6.07, 6.45) is 0. The number of nitrogens with one attached hydrogen (secondary N) is 1. The second kappa shape index (κ2) is 8.60. The van der Waals surface area contributed by atoms with Crippen molar-refractivity contribution in [2.75, 3.05) is 12.3 Å². The lowest BCUT2D eigenvalue weighted by atomic mass is 10.2. The van der Waals surface area contributed by atoms with Crippen LogP contribution >= 0.6 is 46.6 Å². The maximum Gasteiger partial charge on any atom is 0.240 e. The summed E-state index contributed by atoms with van der Waals surface area (Å²) >= 11 is 19.5. The van der Waals surface area contributed by atoms with Gasteiger partial charge in [0.05, 0.1) is 4.90 Å². The van der Waals surface area contributed by atoms with E-state index in [2.05, 4.69) is 4.72 Å². The minimum atomic E-state index is -3.51. The summed E-state index contributed by atoms with van der Waals surface area (Å²) in [4.78, 5) is 0.195. The molecule has 0 saturated heterocycles. The fourth-order valence-electron chi connectivity index (χ4n) is 1.79. The Kier molecular flexibility index (Phi) is 7.07. The lowest BCUT2D eigenvalue weighted by molar-refractivity contribution is 0.584. The number of sulfonamides is 1. The van der Waals surface area contributed by atoms with Crippen LogP contribution in [0, 0.1) is 0 Å². The molecule has 0 aliphatic heterocycles. The maximum absolute atomic E-state index is 12.1. The van der Waals surface area contributed by atoms with Crippen molar-refractivity contribution in [2.45, 2.75) is 10.6 Å². The number of rotatable bonds is 7. The minimum absolute atomic E-state index is 0.195. The van der Waals surface area contributed by atoms with E-state index in [9.17, 15) is 8.42 Å². The van der Waals surface area contributed by atoms with E-state index in [1.165, 1.54) is 12.1 Å². The van der Waals surface area contributed by atoms with E-state index in [1.54, 1.807) is 42.1 Å². The average molecular weight is 411 g/mol. The second-order valence-electron chi connectivity index (χ2n) is 4.60. The molecular formula is C15H14Cl3NO2S2. The van der Waals surface area contributed by atoms with Crippen LogP contribution in [0.1, 0.15) is 5.56 Å². The predicted octanol–water partition coefficient (Wildman–Crippen LogP) is 4.86. The van der Waals surface area contributed by atoms with E-state index in [0.29, 0.717) is 33.1 Å². The Balaban J connectivity index is 1.82. The van der Waals surface area contributed by atoms with Gasteiger partial charge < -0.3 is 0 Å². The van der Waals surface area contributed by atoms with Gasteiger partial charge in [-0.05, 0) is 42.0 Å². The smallest absolute Gasteiger partial charge is 0.210 e. The number of benzene rings is 2. The molecule has 0 radical (unpaired) electrons. The first-order valence-corrected chi connectivity index (χ1v) is 10.4. The first kappa shape index (κ1) is 18.9. The third kappa shape index (κ3) is 5.55. The highest BCUT2D eigenvalue weighted by Crippen LogP contribution is 2.28. The van der Waals surface area contributed by atoms with Gasteiger partial charge in [0.25, 0.3) is 0 Å². The van der Waals surface area contributed by atoms with E-state index in [0.717, 1.165) is 5.56 Å². The fourth-order valence-corrected chi connectivity index (χ4v) is 4.67. The molecule has 3 nitrogen and oxygen atoms in total. The molecule has 0 fully saturated rings. The van der Waals surface area contributed by atoms with Crippen LogP contribution < -0.4 is 4.72 Å². The van der Waals surface area contributed by atoms with Crippen molar-refractivity contribution in [3.63, 3.8) is 0 Å². The van der Waals surface area contributed by atoms with E-state index in [4.69, 9.17) is 34.8 Å². The molecule has 1 N–H and O–H groups in total. The first-order valence-electron chi connectivity index (χ1n) is 6.66. The van der Waals surface area contributed by atoms with Crippen LogP contribution in [0.3, 0.4) is 0 Å². The molecule has 8 heteroatoms. The minimum Gasteiger partial charge on any atom is -0.210 e. The molecule has 0 saturated carbocycles. The Bertz CT molecular complexity index is 745. The molecule has 0 heterocycles. The lowest BCUT2D eigenvalue weighted by Gasteiger charge is -2.08. The quantitative estimate of drug-likeness (QED) is 0.663. The Morgan fingerprint density at radius 1 is 0.957 bits per heavy atom. The standard InChI is InChI=1S/C15H14Cl3NO2S2/c16-11-4-6-12(7-5-11)23(20,21)19-8-9-22-10-13-14(17)2-1-3-15(13)18/h1-7,19H,8-10H2. The maximum atomic E-state index is 12.1. The zero-order valence-electron chi connectivity index (χ0n) is 11.9. The van der Waals surface area contributed by atoms with Gasteiger partial charge in [-0.3, -0.25) is 0 Å². The van der Waals surface area contributed by atoms with Crippen LogP contribution in [-0.2, 0) is 15.8 Å². The Labute approximate surface area is 155 Å². The summed E-state index contributed by atoms with van der Waals surface area (Å²) in [6.45, 7) is 0.317. The molecule has 0 atom stereocenters. The van der Waals surface area contributed by atoms with Gasteiger partial charge in [0.2, 0.25) is 10.0 Å². The van der Waals surface area contributed by atoms with E-state index >= 15 is 0 Å². The van der Waals surface area contributed by atoms with Gasteiger partial charge >= 0.3 is 0 Å². The zero-order chi connectivity index (χ0) is 16.9. The monoisotopic (exact) mass is 409 g/mol. The zero-order valence-corrected chi connectivity index (χ0v) is 15.8. The van der Waals surface area contributed by atoms with Gasteiger partial charge in [0.1, 0.15) is 0 Å². The number of halogens is 3. The molecule has 2 rings (SSSR count). The lowest BCUT2D eigenvalue weighted by Crippen LogP contribution is -2.26. The molecule has 0 aliphatic carbocycles. The largest absolute Gasteiger partial charge is 0.240 e. The van der Waals surface area contributed by atoms with Crippen molar-refractivity contribution in [3.8, 4) is 0 Å². The average Bonchev–Trinajstić information content (AvgIpc) is 2.50. The second-order valence-corrected chi connectivity index (χ2v) is 8.73. The van der Waals surface area contributed by atoms with Crippen molar-refractivity contribution in [1.29, 1.82) is 0 Å². The Morgan fingerprint density at radius 3 is 2.17 bits per heavy atom. The number of hydrogen-bond donors (Lipinski definition) is 1. The normalized spacial score (nSPS) is 11.6. The summed E-state index contributed by atoms with van der Waals surface area (Å²) in [7, 11) is -3.51. The molecule has 124 valence electrons. The van der Waals surface area contributed by atoms with E-state index in [1.807, 2.05) is 0 Å². The van der Waals surface area contributed by atoms with Gasteiger partial charge in [0, 0.05) is 33.1 Å². The van der Waals surface area contributed by atoms with Gasteiger partial charge in [-0.2, -0.15) is 11.8 Å². The van der Waals surface area contributed by atoms with Gasteiger partial charge in [-0.25, -0.2) is 13.1 Å². The van der Waals surface area contributed by atoms with E-state index in [-0.39, 0.29) is 4.90 Å². The SMILES string of the molecule is O=S(=O)(NCCSCc1c(Cl)cccc1Cl)c1ccc(Cl)cc1. The van der Waals surface area contributed by atoms with Crippen LogP contribution in [-0.4, -0.2) is 20.7 Å². The molecule has 2 aromatic carbocycles. The highest BCUT2D eigenvalue weighted by molar-refractivity contribution is 7.98. The molecule has 0 bridgehead atoms. The molecule has 23 heavy (non-hydrogen) atoms. The van der Waals surface area contributed by atoms with Crippen molar-refractivity contribution < 1.29 is 8.42 Å². The van der Waals surface area contributed by atoms with Gasteiger partial charge in [-0.15, -0.1) is 0 Å². The summed E-state index contributed by atoms with van der Waals surface area (Å²) in [6, 6.07) is 11.4. The molecular weight excluding hydrogens is 397 g/mol. The van der Waals surface area contributed by atoms with Crippen LogP contribution in [0.5, 0.6) is 0 Å². The van der Waals surface area contributed by atoms with E-state index < -0.39 is 10.0 Å². The summed E-state index contributed by atoms with van der Waals surface area (Å²) < 4.78 is 26.7. The van der Waals surface area contributed by atoms with Crippen molar-refractivity contribution in [2.24, 2.45) is 0 Å². The van der Waals surface area contributed by atoms with Gasteiger partial charge in [-0.1, -0.05) is 40.9 Å². The Hall–Kier alpha value is -0.430. The number of thioether (sulfide) groups is 1. The molecule has 0 unspecified atom stereocenters. The summed E-state index contributed by atoms with van der Waals surface area (Å²) in [5.41, 5.74) is 0.862. The van der Waals surface area contributed by atoms with Crippen molar-refractivity contribution in [3.05, 3.63) is 63.1 Å². The van der Waals surface area contributed by atoms with Crippen molar-refractivity contribution in [1.82, 2.24) is 4.72 Å². The predicted molar refractivity (Wildman–Crippen MR) is 99.3 cm³/mol. The summed E-state index contributed by atoms with van der Waals surface area (Å²) in [5, 5.41) is 1.73. The number of hydrogen-bond acceptors (Lipinski definition) is 3. The summed E-state index contributed by atoms with van der Waals surface area (Å²) in [5.74, 6) is 1.23. The highest BCUT2D eigenvalue weighted by Gasteiger charge is 2.13. The van der Waals surface area contributed by atoms with Crippen LogP contribution in [0.25, 0.3) is 0 Å². The van der Waals surface area contributed by atoms with Crippen LogP contribution in [0.15, 0.2) is 47.4 Å². The molecule has 2 aromatic rings. The highest BCUT2D eigenvalue weighted by atomic mass is 35.5. The molecule has 0 aromatic heterocycles. The van der Waals surface area contributed by atoms with Crippen molar-refractivity contribution >= 4 is 56.6 Å². The topological polar surface area (TPSA) is 46.2 Å². The fraction of sp³-hybridized carbons (Fsp3) is 0.200. The Morgan fingerprint density at radius 2 is 1.57 bits per heavy atom. The van der Waals surface area contributed by atoms with Gasteiger partial charge in [0.15, 0.2) is 0 Å². The third-order valence-electron chi connectivity index (χ3n) is 2.97. The molecule has 0 amide bonds. The molecule has 0 spiro atoms. The first-order chi connectivity index (χ1) is 10.9.